The van der Waals surface area contributed by atoms with Gasteiger partial charge in [0.05, 0.1) is 6.26 Å². The van der Waals surface area contributed by atoms with E-state index in [1.807, 2.05) is 18.7 Å². The molecule has 0 aliphatic carbocycles. The second-order valence-electron chi connectivity index (χ2n) is 5.85. The number of nitrogens with one attached hydrogen (secondary N) is 2. The quantitative estimate of drug-likeness (QED) is 0.690. The summed E-state index contributed by atoms with van der Waals surface area (Å²) >= 11 is 0. The van der Waals surface area contributed by atoms with E-state index in [9.17, 15) is 13.2 Å². The van der Waals surface area contributed by atoms with E-state index in [4.69, 9.17) is 0 Å². The van der Waals surface area contributed by atoms with E-state index in [2.05, 4.69) is 10.0 Å². The third-order valence-electron chi connectivity index (χ3n) is 3.82. The number of hydrogen-bond donors (Lipinski definition) is 2. The maximum absolute atomic E-state index is 12.4. The van der Waals surface area contributed by atoms with Crippen molar-refractivity contribution in [3.8, 4) is 0 Å². The molecule has 0 bridgehead atoms. The molecule has 0 saturated carbocycles. The maximum atomic E-state index is 12.4. The molecule has 1 heterocycles. The standard InChI is InChI=1S/C14H29N3O3S/c1-4-15-12(2)11-14(18)17-10-6-5-7-13(17)8-9-16-21(3,19)20/h12-13,15-16H,4-11H2,1-3H3. The summed E-state index contributed by atoms with van der Waals surface area (Å²) in [6.07, 6.45) is 5.47. The van der Waals surface area contributed by atoms with Gasteiger partial charge in [-0.15, -0.1) is 0 Å². The van der Waals surface area contributed by atoms with Gasteiger partial charge in [-0.1, -0.05) is 6.92 Å². The van der Waals surface area contributed by atoms with E-state index in [0.29, 0.717) is 19.4 Å². The largest absolute Gasteiger partial charge is 0.340 e. The van der Waals surface area contributed by atoms with Crippen molar-refractivity contribution in [1.82, 2.24) is 14.9 Å². The maximum Gasteiger partial charge on any atom is 0.224 e. The number of rotatable bonds is 8. The van der Waals surface area contributed by atoms with Gasteiger partial charge < -0.3 is 10.2 Å². The Morgan fingerprint density at radius 1 is 1.38 bits per heavy atom. The zero-order valence-corrected chi connectivity index (χ0v) is 14.2. The lowest BCUT2D eigenvalue weighted by atomic mass is 9.98. The normalized spacial score (nSPS) is 21.3. The number of amides is 1. The van der Waals surface area contributed by atoms with Crippen LogP contribution in [0.4, 0.5) is 0 Å². The molecule has 1 fully saturated rings. The lowest BCUT2D eigenvalue weighted by Crippen LogP contribution is -2.47. The van der Waals surface area contributed by atoms with E-state index >= 15 is 0 Å². The van der Waals surface area contributed by atoms with Crippen LogP contribution in [0.25, 0.3) is 0 Å². The van der Waals surface area contributed by atoms with Gasteiger partial charge in [-0.3, -0.25) is 4.79 Å². The number of carbonyl (C=O) groups is 1. The van der Waals surface area contributed by atoms with E-state index in [-0.39, 0.29) is 18.0 Å². The summed E-state index contributed by atoms with van der Waals surface area (Å²) in [6.45, 7) is 6.10. The van der Waals surface area contributed by atoms with Crippen LogP contribution in [0.2, 0.25) is 0 Å². The number of sulfonamides is 1. The molecule has 7 heteroatoms. The molecular weight excluding hydrogens is 290 g/mol. The molecule has 1 aliphatic rings. The molecule has 1 rings (SSSR count). The molecule has 2 N–H and O–H groups in total. The topological polar surface area (TPSA) is 78.5 Å². The first kappa shape index (κ1) is 18.4. The summed E-state index contributed by atoms with van der Waals surface area (Å²) in [7, 11) is -3.15. The van der Waals surface area contributed by atoms with Gasteiger partial charge in [0, 0.05) is 31.6 Å². The van der Waals surface area contributed by atoms with Crippen LogP contribution >= 0.6 is 0 Å². The highest BCUT2D eigenvalue weighted by Gasteiger charge is 2.27. The second kappa shape index (κ2) is 8.70. The third-order valence-corrected chi connectivity index (χ3v) is 4.55. The lowest BCUT2D eigenvalue weighted by Gasteiger charge is -2.36. The Morgan fingerprint density at radius 3 is 2.71 bits per heavy atom. The molecule has 124 valence electrons. The van der Waals surface area contributed by atoms with Gasteiger partial charge in [-0.25, -0.2) is 13.1 Å². The van der Waals surface area contributed by atoms with Gasteiger partial charge in [0.15, 0.2) is 0 Å². The summed E-state index contributed by atoms with van der Waals surface area (Å²) < 4.78 is 24.7. The summed E-state index contributed by atoms with van der Waals surface area (Å²) in [5.41, 5.74) is 0. The minimum absolute atomic E-state index is 0.161. The van der Waals surface area contributed by atoms with E-state index in [1.165, 1.54) is 0 Å². The zero-order chi connectivity index (χ0) is 15.9. The van der Waals surface area contributed by atoms with Crippen molar-refractivity contribution in [2.45, 2.75) is 58.0 Å². The van der Waals surface area contributed by atoms with Gasteiger partial charge in [-0.2, -0.15) is 0 Å². The Kier molecular flexibility index (Phi) is 7.62. The highest BCUT2D eigenvalue weighted by atomic mass is 32.2. The SMILES string of the molecule is CCNC(C)CC(=O)N1CCCCC1CCNS(C)(=O)=O. The van der Waals surface area contributed by atoms with Crippen molar-refractivity contribution in [2.75, 3.05) is 25.9 Å². The van der Waals surface area contributed by atoms with Crippen LogP contribution in [0.1, 0.15) is 46.0 Å². The van der Waals surface area contributed by atoms with Crippen LogP contribution in [0.15, 0.2) is 0 Å². The molecule has 0 radical (unpaired) electrons. The lowest BCUT2D eigenvalue weighted by molar-refractivity contribution is -0.135. The Morgan fingerprint density at radius 2 is 2.10 bits per heavy atom. The molecule has 0 aromatic heterocycles. The van der Waals surface area contributed by atoms with Crippen LogP contribution < -0.4 is 10.0 Å². The Hall–Kier alpha value is -0.660. The van der Waals surface area contributed by atoms with Gasteiger partial charge in [0.25, 0.3) is 0 Å². The van der Waals surface area contributed by atoms with E-state index < -0.39 is 10.0 Å². The number of hydrogen-bond acceptors (Lipinski definition) is 4. The Bertz CT molecular complexity index is 425. The van der Waals surface area contributed by atoms with Crippen molar-refractivity contribution in [3.05, 3.63) is 0 Å². The molecular formula is C14H29N3O3S. The first-order chi connectivity index (χ1) is 9.83. The minimum atomic E-state index is -3.15. The molecule has 0 aromatic carbocycles. The number of likely N-dealkylation sites (tertiary alicyclic amines) is 1. The summed E-state index contributed by atoms with van der Waals surface area (Å²) in [6, 6.07) is 0.341. The fourth-order valence-corrected chi connectivity index (χ4v) is 3.33. The first-order valence-corrected chi connectivity index (χ1v) is 9.70. The molecule has 1 saturated heterocycles. The fourth-order valence-electron chi connectivity index (χ4n) is 2.84. The van der Waals surface area contributed by atoms with Crippen LogP contribution in [-0.4, -0.2) is 57.2 Å². The van der Waals surface area contributed by atoms with Crippen molar-refractivity contribution in [2.24, 2.45) is 0 Å². The molecule has 0 spiro atoms. The summed E-state index contributed by atoms with van der Waals surface area (Å²) in [5.74, 6) is 0.174. The molecule has 1 amide bonds. The zero-order valence-electron chi connectivity index (χ0n) is 13.4. The fraction of sp³-hybridized carbons (Fsp3) is 0.929. The number of carbonyl (C=O) groups excluding carboxylic acids is 1. The molecule has 6 nitrogen and oxygen atoms in total. The van der Waals surface area contributed by atoms with E-state index in [1.54, 1.807) is 0 Å². The van der Waals surface area contributed by atoms with Gasteiger partial charge in [0.1, 0.15) is 0 Å². The second-order valence-corrected chi connectivity index (χ2v) is 7.69. The van der Waals surface area contributed by atoms with Gasteiger partial charge in [0.2, 0.25) is 15.9 Å². The van der Waals surface area contributed by atoms with Crippen LogP contribution in [-0.2, 0) is 14.8 Å². The third kappa shape index (κ3) is 7.24. The number of nitrogens with zero attached hydrogens (tertiary/aromatic N) is 1. The molecule has 0 aromatic rings. The van der Waals surface area contributed by atoms with Crippen LogP contribution in [0.3, 0.4) is 0 Å². The summed E-state index contributed by atoms with van der Waals surface area (Å²) in [4.78, 5) is 14.3. The van der Waals surface area contributed by atoms with Crippen molar-refractivity contribution in [3.63, 3.8) is 0 Å². The van der Waals surface area contributed by atoms with Crippen molar-refractivity contribution < 1.29 is 13.2 Å². The summed E-state index contributed by atoms with van der Waals surface area (Å²) in [5, 5.41) is 3.25. The smallest absolute Gasteiger partial charge is 0.224 e. The molecule has 2 unspecified atom stereocenters. The highest BCUT2D eigenvalue weighted by molar-refractivity contribution is 7.88. The average Bonchev–Trinajstić information content (AvgIpc) is 2.38. The Labute approximate surface area is 128 Å². The van der Waals surface area contributed by atoms with Gasteiger partial charge in [-0.05, 0) is 39.2 Å². The minimum Gasteiger partial charge on any atom is -0.340 e. The predicted octanol–water partition coefficient (Wildman–Crippen LogP) is 0.695. The van der Waals surface area contributed by atoms with Crippen LogP contribution in [0.5, 0.6) is 0 Å². The molecule has 1 aliphatic heterocycles. The van der Waals surface area contributed by atoms with Crippen LogP contribution in [0, 0.1) is 0 Å². The van der Waals surface area contributed by atoms with Crippen molar-refractivity contribution in [1.29, 1.82) is 0 Å². The molecule has 21 heavy (non-hydrogen) atoms. The highest BCUT2D eigenvalue weighted by Crippen LogP contribution is 2.20. The monoisotopic (exact) mass is 319 g/mol. The van der Waals surface area contributed by atoms with Gasteiger partial charge >= 0.3 is 0 Å². The Balaban J connectivity index is 2.50. The van der Waals surface area contributed by atoms with Crippen molar-refractivity contribution >= 4 is 15.9 Å². The molecule has 2 atom stereocenters. The first-order valence-electron chi connectivity index (χ1n) is 7.81. The predicted molar refractivity (Wildman–Crippen MR) is 84.6 cm³/mol. The van der Waals surface area contributed by atoms with E-state index in [0.717, 1.165) is 38.6 Å². The average molecular weight is 319 g/mol. The number of piperidine rings is 1.